The maximum atomic E-state index is 13.0. The van der Waals surface area contributed by atoms with E-state index in [-0.39, 0.29) is 17.4 Å². The fourth-order valence-electron chi connectivity index (χ4n) is 4.47. The summed E-state index contributed by atoms with van der Waals surface area (Å²) in [4.78, 5) is 26.2. The molecule has 1 atom stereocenters. The lowest BCUT2D eigenvalue weighted by atomic mass is 9.78. The molecule has 0 bridgehead atoms. The van der Waals surface area contributed by atoms with Crippen LogP contribution in [0.2, 0.25) is 5.02 Å². The van der Waals surface area contributed by atoms with Crippen LogP contribution in [0.3, 0.4) is 0 Å². The van der Waals surface area contributed by atoms with Gasteiger partial charge in [-0.25, -0.2) is 4.79 Å². The Morgan fingerprint density at radius 3 is 2.44 bits per heavy atom. The van der Waals surface area contributed by atoms with E-state index in [1.807, 2.05) is 19.2 Å². The largest absolute Gasteiger partial charge is 0.481 e. The van der Waals surface area contributed by atoms with Gasteiger partial charge in [0.05, 0.1) is 11.0 Å². The van der Waals surface area contributed by atoms with Crippen LogP contribution in [0.4, 0.5) is 4.79 Å². The molecule has 1 aromatic carbocycles. The Labute approximate surface area is 197 Å². The SMILES string of the molecule is CC(C)C1=CN(CCC2(C(=O)O)CC2)C(=O)N[C@]1(C)c1ccc(CCC(C)(C)C)c(Cl)c1. The number of carbonyl (C=O) groups excluding carboxylic acids is 1. The maximum absolute atomic E-state index is 13.0. The van der Waals surface area contributed by atoms with Crippen molar-refractivity contribution in [3.63, 3.8) is 0 Å². The molecule has 2 N–H and O–H groups in total. The molecule has 1 aromatic rings. The topological polar surface area (TPSA) is 69.6 Å². The van der Waals surface area contributed by atoms with Gasteiger partial charge in [-0.2, -0.15) is 0 Å². The number of carboxylic acids is 1. The zero-order chi connectivity index (χ0) is 23.9. The highest BCUT2D eigenvalue weighted by Crippen LogP contribution is 2.49. The number of carbonyl (C=O) groups is 2. The van der Waals surface area contributed by atoms with Crippen molar-refractivity contribution in [1.82, 2.24) is 10.2 Å². The van der Waals surface area contributed by atoms with Gasteiger partial charge in [-0.3, -0.25) is 4.79 Å². The number of aryl methyl sites for hydroxylation is 1. The molecule has 0 unspecified atom stereocenters. The van der Waals surface area contributed by atoms with Crippen LogP contribution in [0.5, 0.6) is 0 Å². The smallest absolute Gasteiger partial charge is 0.322 e. The van der Waals surface area contributed by atoms with Gasteiger partial charge in [0.2, 0.25) is 0 Å². The van der Waals surface area contributed by atoms with Crippen LogP contribution in [0.15, 0.2) is 30.0 Å². The van der Waals surface area contributed by atoms with Gasteiger partial charge in [0.25, 0.3) is 0 Å². The molecule has 0 aromatic heterocycles. The third kappa shape index (κ3) is 5.14. The number of rotatable bonds is 8. The Morgan fingerprint density at radius 1 is 1.28 bits per heavy atom. The number of amides is 2. The number of aliphatic carboxylic acids is 1. The first-order valence-corrected chi connectivity index (χ1v) is 12.0. The number of urea groups is 1. The number of carboxylic acid groups (broad SMARTS) is 1. The van der Waals surface area contributed by atoms with E-state index < -0.39 is 16.9 Å². The van der Waals surface area contributed by atoms with Crippen molar-refractivity contribution in [3.05, 3.63) is 46.1 Å². The molecule has 3 rings (SSSR count). The molecule has 5 nitrogen and oxygen atoms in total. The predicted octanol–water partition coefficient (Wildman–Crippen LogP) is 6.35. The molecular formula is C26H37ClN2O3. The fourth-order valence-corrected chi connectivity index (χ4v) is 4.75. The van der Waals surface area contributed by atoms with Gasteiger partial charge in [0.1, 0.15) is 0 Å². The van der Waals surface area contributed by atoms with Gasteiger partial charge < -0.3 is 15.3 Å². The fraction of sp³-hybridized carbons (Fsp3) is 0.615. The van der Waals surface area contributed by atoms with E-state index in [2.05, 4.69) is 52.1 Å². The van der Waals surface area contributed by atoms with Gasteiger partial charge in [-0.1, -0.05) is 58.4 Å². The van der Waals surface area contributed by atoms with E-state index in [1.54, 1.807) is 4.90 Å². The number of halogens is 1. The molecule has 1 aliphatic heterocycles. The Hall–Kier alpha value is -2.01. The van der Waals surface area contributed by atoms with Crippen molar-refractivity contribution in [2.75, 3.05) is 6.54 Å². The minimum Gasteiger partial charge on any atom is -0.481 e. The van der Waals surface area contributed by atoms with Crippen LogP contribution in [0, 0.1) is 16.7 Å². The lowest BCUT2D eigenvalue weighted by molar-refractivity contribution is -0.143. The molecule has 1 fully saturated rings. The van der Waals surface area contributed by atoms with E-state index >= 15 is 0 Å². The van der Waals surface area contributed by atoms with Crippen molar-refractivity contribution < 1.29 is 14.7 Å². The zero-order valence-electron chi connectivity index (χ0n) is 20.2. The lowest BCUT2D eigenvalue weighted by Gasteiger charge is -2.42. The molecule has 2 aliphatic rings. The van der Waals surface area contributed by atoms with Gasteiger partial charge in [-0.05, 0) is 73.1 Å². The molecule has 1 aliphatic carbocycles. The van der Waals surface area contributed by atoms with E-state index in [4.69, 9.17) is 11.6 Å². The number of hydrogen-bond acceptors (Lipinski definition) is 2. The average molecular weight is 461 g/mol. The predicted molar refractivity (Wildman–Crippen MR) is 129 cm³/mol. The standard InChI is InChI=1S/C26H37ClN2O3/c1-17(2)20-16-29(14-13-26(11-12-26)22(30)31)23(32)28-25(20,6)19-8-7-18(21(27)15-19)9-10-24(3,4)5/h7-8,15-17H,9-14H2,1-6H3,(H,28,32)(H,30,31)/t25-/m1/s1. The third-order valence-electron chi connectivity index (χ3n) is 7.03. The Morgan fingerprint density at radius 2 is 1.94 bits per heavy atom. The normalized spacial score (nSPS) is 22.6. The van der Waals surface area contributed by atoms with Crippen LogP contribution >= 0.6 is 11.6 Å². The Balaban J connectivity index is 1.85. The first kappa shape index (κ1) is 24.6. The summed E-state index contributed by atoms with van der Waals surface area (Å²) in [5, 5.41) is 13.4. The van der Waals surface area contributed by atoms with Crippen molar-refractivity contribution in [1.29, 1.82) is 0 Å². The molecular weight excluding hydrogens is 424 g/mol. The molecule has 176 valence electrons. The molecule has 2 amide bonds. The van der Waals surface area contributed by atoms with Crippen LogP contribution in [0.25, 0.3) is 0 Å². The zero-order valence-corrected chi connectivity index (χ0v) is 21.0. The number of nitrogens with zero attached hydrogens (tertiary/aromatic N) is 1. The summed E-state index contributed by atoms with van der Waals surface area (Å²) < 4.78 is 0. The van der Waals surface area contributed by atoms with E-state index in [9.17, 15) is 14.7 Å². The van der Waals surface area contributed by atoms with E-state index in [1.165, 1.54) is 0 Å². The molecule has 0 spiro atoms. The summed E-state index contributed by atoms with van der Waals surface area (Å²) in [5.74, 6) is -0.564. The Bertz CT molecular complexity index is 927. The van der Waals surface area contributed by atoms with Crippen LogP contribution < -0.4 is 5.32 Å². The second-order valence-corrected chi connectivity index (χ2v) is 11.6. The number of hydrogen-bond donors (Lipinski definition) is 2. The van der Waals surface area contributed by atoms with Crippen LogP contribution in [0.1, 0.15) is 78.4 Å². The van der Waals surface area contributed by atoms with Crippen LogP contribution in [-0.4, -0.2) is 28.6 Å². The highest BCUT2D eigenvalue weighted by atomic mass is 35.5. The minimum atomic E-state index is -0.756. The number of nitrogens with one attached hydrogen (secondary N) is 1. The summed E-state index contributed by atoms with van der Waals surface area (Å²) >= 11 is 6.67. The van der Waals surface area contributed by atoms with Gasteiger partial charge in [0, 0.05) is 17.8 Å². The first-order chi connectivity index (χ1) is 14.8. The van der Waals surface area contributed by atoms with E-state index in [0.717, 1.165) is 34.6 Å². The third-order valence-corrected chi connectivity index (χ3v) is 7.38. The summed E-state index contributed by atoms with van der Waals surface area (Å²) in [6, 6.07) is 5.93. The molecule has 1 saturated carbocycles. The minimum absolute atomic E-state index is 0.191. The lowest BCUT2D eigenvalue weighted by Crippen LogP contribution is -2.55. The van der Waals surface area contributed by atoms with Gasteiger partial charge in [0.15, 0.2) is 0 Å². The average Bonchev–Trinajstić information content (AvgIpc) is 3.46. The molecule has 0 saturated heterocycles. The second kappa shape index (κ2) is 8.74. The van der Waals surface area contributed by atoms with Crippen molar-refractivity contribution in [3.8, 4) is 0 Å². The van der Waals surface area contributed by atoms with Gasteiger partial charge in [-0.15, -0.1) is 0 Å². The van der Waals surface area contributed by atoms with Crippen molar-refractivity contribution >= 4 is 23.6 Å². The van der Waals surface area contributed by atoms with Crippen molar-refractivity contribution in [2.45, 2.75) is 79.2 Å². The van der Waals surface area contributed by atoms with Crippen LogP contribution in [-0.2, 0) is 16.8 Å². The Kier molecular flexibility index (Phi) is 6.72. The van der Waals surface area contributed by atoms with Gasteiger partial charge >= 0.3 is 12.0 Å². The molecule has 1 heterocycles. The second-order valence-electron chi connectivity index (χ2n) is 11.2. The highest BCUT2D eigenvalue weighted by Gasteiger charge is 2.50. The summed E-state index contributed by atoms with van der Waals surface area (Å²) in [7, 11) is 0. The monoisotopic (exact) mass is 460 g/mol. The van der Waals surface area contributed by atoms with Crippen molar-refractivity contribution in [2.24, 2.45) is 16.7 Å². The number of benzene rings is 1. The first-order valence-electron chi connectivity index (χ1n) is 11.6. The molecule has 32 heavy (non-hydrogen) atoms. The molecule has 6 heteroatoms. The quantitative estimate of drug-likeness (QED) is 0.474. The molecule has 0 radical (unpaired) electrons. The summed E-state index contributed by atoms with van der Waals surface area (Å²) in [6.07, 6.45) is 5.74. The highest BCUT2D eigenvalue weighted by molar-refractivity contribution is 6.31. The summed E-state index contributed by atoms with van der Waals surface area (Å²) in [6.45, 7) is 13.3. The summed E-state index contributed by atoms with van der Waals surface area (Å²) in [5.41, 5.74) is 2.08. The van der Waals surface area contributed by atoms with E-state index in [0.29, 0.717) is 25.8 Å². The maximum Gasteiger partial charge on any atom is 0.322 e.